The number of Topliss-reactive ketones (excluding diaryl/α,β-unsaturated/α-hetero) is 3. The van der Waals surface area contributed by atoms with Crippen LogP contribution in [0.25, 0.3) is 0 Å². The Morgan fingerprint density at radius 3 is 1.51 bits per heavy atom. The normalized spacial score (nSPS) is 26.0. The van der Waals surface area contributed by atoms with Crippen LogP contribution in [-0.2, 0) is 4.74 Å². The van der Waals surface area contributed by atoms with Crippen LogP contribution in [0.2, 0.25) is 0 Å². The first-order valence-electron chi connectivity index (χ1n) is 11.7. The van der Waals surface area contributed by atoms with Crippen LogP contribution in [0.15, 0.2) is 72.8 Å². The van der Waals surface area contributed by atoms with Crippen LogP contribution in [0.5, 0.6) is 0 Å². The van der Waals surface area contributed by atoms with Gasteiger partial charge in [0.15, 0.2) is 17.7 Å². The molecule has 0 aromatic heterocycles. The Hall–Kier alpha value is -3.53. The lowest BCUT2D eigenvalue weighted by Crippen LogP contribution is -2.69. The molecule has 4 rings (SSSR count). The molecule has 37 heavy (non-hydrogen) atoms. The average Bonchev–Trinajstić information content (AvgIpc) is 3.10. The summed E-state index contributed by atoms with van der Waals surface area (Å²) in [5, 5.41) is 45.8. The highest BCUT2D eigenvalue weighted by Gasteiger charge is 2.75. The fraction of sp³-hybridized carbons (Fsp3) is 0.276. The van der Waals surface area contributed by atoms with E-state index >= 15 is 0 Å². The first-order chi connectivity index (χ1) is 17.5. The minimum atomic E-state index is -3.25. The van der Waals surface area contributed by atoms with Crippen LogP contribution in [0.4, 0.5) is 0 Å². The van der Waals surface area contributed by atoms with Crippen LogP contribution >= 0.6 is 0 Å². The Labute approximate surface area is 213 Å². The Morgan fingerprint density at radius 1 is 0.703 bits per heavy atom. The van der Waals surface area contributed by atoms with Gasteiger partial charge in [-0.1, -0.05) is 72.8 Å². The quantitative estimate of drug-likeness (QED) is 0.359. The third-order valence-corrected chi connectivity index (χ3v) is 7.06. The van der Waals surface area contributed by atoms with Crippen molar-refractivity contribution < 1.29 is 39.5 Å². The largest absolute Gasteiger partial charge is 0.382 e. The lowest BCUT2D eigenvalue weighted by Gasteiger charge is -2.38. The van der Waals surface area contributed by atoms with Gasteiger partial charge in [-0.05, 0) is 37.5 Å². The number of aryl methyl sites for hydroxylation is 3. The molecule has 1 aliphatic rings. The van der Waals surface area contributed by atoms with E-state index < -0.39 is 47.0 Å². The molecule has 0 spiro atoms. The van der Waals surface area contributed by atoms with E-state index in [1.807, 2.05) is 0 Å². The number of aliphatic hydroxyl groups is 4. The zero-order chi connectivity index (χ0) is 27.1. The highest BCUT2D eigenvalue weighted by Crippen LogP contribution is 2.45. The molecule has 5 atom stereocenters. The van der Waals surface area contributed by atoms with Crippen molar-refractivity contribution in [3.8, 4) is 0 Å². The molecule has 8 nitrogen and oxygen atoms in total. The summed E-state index contributed by atoms with van der Waals surface area (Å²) in [5.74, 6) is -3.30. The van der Waals surface area contributed by atoms with Crippen molar-refractivity contribution in [1.82, 2.24) is 0 Å². The molecular weight excluding hydrogens is 476 g/mol. The summed E-state index contributed by atoms with van der Waals surface area (Å²) in [7, 11) is 0. The first-order valence-corrected chi connectivity index (χ1v) is 11.7. The summed E-state index contributed by atoms with van der Waals surface area (Å²) < 4.78 is 5.34. The van der Waals surface area contributed by atoms with E-state index in [0.29, 0.717) is 16.7 Å². The van der Waals surface area contributed by atoms with E-state index in [0.717, 1.165) is 0 Å². The number of hydrogen-bond donors (Lipinski definition) is 4. The van der Waals surface area contributed by atoms with Gasteiger partial charge in [-0.2, -0.15) is 0 Å². The van der Waals surface area contributed by atoms with Crippen molar-refractivity contribution >= 4 is 17.3 Å². The van der Waals surface area contributed by atoms with E-state index in [-0.39, 0.29) is 16.7 Å². The minimum absolute atomic E-state index is 0.0796. The second-order valence-corrected chi connectivity index (χ2v) is 9.35. The number of carbonyl (C=O) groups is 3. The zero-order valence-corrected chi connectivity index (χ0v) is 20.6. The molecule has 0 saturated carbocycles. The molecule has 4 N–H and O–H groups in total. The maximum Gasteiger partial charge on any atom is 0.217 e. The number of carbonyl (C=O) groups excluding carboxylic acids is 3. The molecule has 0 bridgehead atoms. The number of aliphatic hydroxyl groups excluding tert-OH is 2. The first kappa shape index (κ1) is 26.5. The highest BCUT2D eigenvalue weighted by atomic mass is 16.7. The molecule has 192 valence electrons. The molecule has 0 radical (unpaired) electrons. The van der Waals surface area contributed by atoms with Crippen molar-refractivity contribution in [2.45, 2.75) is 50.5 Å². The fourth-order valence-corrected chi connectivity index (χ4v) is 4.84. The molecule has 3 aromatic rings. The molecule has 3 aromatic carbocycles. The summed E-state index contributed by atoms with van der Waals surface area (Å²) in [6.45, 7) is 4.79. The summed E-state index contributed by atoms with van der Waals surface area (Å²) in [6, 6.07) is 18.5. The number of ketones is 3. The van der Waals surface area contributed by atoms with Gasteiger partial charge in [0.2, 0.25) is 17.2 Å². The van der Waals surface area contributed by atoms with Crippen LogP contribution in [-0.4, -0.2) is 67.5 Å². The van der Waals surface area contributed by atoms with Crippen molar-refractivity contribution in [2.75, 3.05) is 0 Å². The topological polar surface area (TPSA) is 141 Å². The Kier molecular flexibility index (Phi) is 6.98. The van der Waals surface area contributed by atoms with Gasteiger partial charge in [-0.15, -0.1) is 0 Å². The molecule has 1 aliphatic heterocycles. The van der Waals surface area contributed by atoms with Crippen LogP contribution in [0, 0.1) is 20.8 Å². The van der Waals surface area contributed by atoms with Crippen molar-refractivity contribution in [1.29, 1.82) is 0 Å². The van der Waals surface area contributed by atoms with E-state index in [4.69, 9.17) is 4.74 Å². The van der Waals surface area contributed by atoms with Crippen LogP contribution in [0.1, 0.15) is 47.8 Å². The molecule has 1 unspecified atom stereocenters. The number of hydrogen-bond acceptors (Lipinski definition) is 8. The van der Waals surface area contributed by atoms with E-state index in [9.17, 15) is 34.8 Å². The van der Waals surface area contributed by atoms with Gasteiger partial charge in [0.05, 0.1) is 0 Å². The van der Waals surface area contributed by atoms with Gasteiger partial charge in [0, 0.05) is 16.7 Å². The van der Waals surface area contributed by atoms with E-state index in [1.54, 1.807) is 63.2 Å². The third-order valence-electron chi connectivity index (χ3n) is 7.06. The van der Waals surface area contributed by atoms with Crippen molar-refractivity contribution in [3.05, 3.63) is 106 Å². The van der Waals surface area contributed by atoms with Crippen LogP contribution < -0.4 is 0 Å². The van der Waals surface area contributed by atoms with Gasteiger partial charge in [0.1, 0.15) is 12.2 Å². The van der Waals surface area contributed by atoms with Crippen molar-refractivity contribution in [3.63, 3.8) is 0 Å². The SMILES string of the molecule is Cc1ccccc1C(=O)C(O)[C@H]1O[C@@H](O)[C@@](O)(C(=O)c2ccccc2C)[C@@]1(O)C(=O)c1ccccc1C. The Balaban J connectivity index is 1.91. The molecule has 0 amide bonds. The standard InChI is InChI=1S/C29H28O8/c1-16-10-4-7-13-19(16)22(30)23(31)26-28(35,24(32)20-14-8-5-11-17(20)2)29(36,27(34)37-26)25(33)21-15-9-6-12-18(21)3/h4-15,23,26-27,31,34-36H,1-3H3/t23?,26-,27-,28-,29+/m1/s1. The zero-order valence-electron chi connectivity index (χ0n) is 20.6. The monoisotopic (exact) mass is 504 g/mol. The predicted molar refractivity (Wildman–Crippen MR) is 133 cm³/mol. The molecule has 1 heterocycles. The number of ether oxygens (including phenoxy) is 1. The minimum Gasteiger partial charge on any atom is -0.382 e. The molecular formula is C29H28O8. The second-order valence-electron chi connectivity index (χ2n) is 9.35. The lowest BCUT2D eigenvalue weighted by molar-refractivity contribution is -0.163. The van der Waals surface area contributed by atoms with Gasteiger partial charge in [-0.3, -0.25) is 14.4 Å². The summed E-state index contributed by atoms with van der Waals surface area (Å²) in [5.41, 5.74) is -5.27. The maximum atomic E-state index is 13.9. The van der Waals surface area contributed by atoms with Crippen LogP contribution in [0.3, 0.4) is 0 Å². The molecule has 1 fully saturated rings. The number of benzene rings is 3. The smallest absolute Gasteiger partial charge is 0.217 e. The summed E-state index contributed by atoms with van der Waals surface area (Å²) in [4.78, 5) is 40.9. The number of rotatable bonds is 7. The summed E-state index contributed by atoms with van der Waals surface area (Å²) >= 11 is 0. The van der Waals surface area contributed by atoms with Gasteiger partial charge >= 0.3 is 0 Å². The third kappa shape index (κ3) is 4.03. The maximum absolute atomic E-state index is 13.9. The lowest BCUT2D eigenvalue weighted by atomic mass is 9.69. The predicted octanol–water partition coefficient (Wildman–Crippen LogP) is 2.10. The highest BCUT2D eigenvalue weighted by molar-refractivity contribution is 6.14. The Bertz CT molecular complexity index is 1380. The molecule has 0 aliphatic carbocycles. The second kappa shape index (κ2) is 9.74. The summed E-state index contributed by atoms with van der Waals surface area (Å²) in [6.07, 6.45) is -6.84. The van der Waals surface area contributed by atoms with Gasteiger partial charge < -0.3 is 25.2 Å². The van der Waals surface area contributed by atoms with E-state index in [2.05, 4.69) is 0 Å². The Morgan fingerprint density at radius 2 is 1.08 bits per heavy atom. The van der Waals surface area contributed by atoms with Crippen molar-refractivity contribution in [2.24, 2.45) is 0 Å². The van der Waals surface area contributed by atoms with Gasteiger partial charge in [0.25, 0.3) is 0 Å². The fourth-order valence-electron chi connectivity index (χ4n) is 4.84. The molecule has 8 heteroatoms. The van der Waals surface area contributed by atoms with E-state index in [1.165, 1.54) is 30.3 Å². The average molecular weight is 505 g/mol. The van der Waals surface area contributed by atoms with Gasteiger partial charge in [-0.25, -0.2) is 0 Å². The molecule has 1 saturated heterocycles.